The van der Waals surface area contributed by atoms with Gasteiger partial charge < -0.3 is 15.2 Å². The minimum absolute atomic E-state index is 0.102. The summed E-state index contributed by atoms with van der Waals surface area (Å²) in [4.78, 5) is 18.5. The van der Waals surface area contributed by atoms with Crippen LogP contribution in [-0.4, -0.2) is 59.3 Å². The van der Waals surface area contributed by atoms with E-state index in [2.05, 4.69) is 15.2 Å². The molecular formula is C16H22ClN3O3. The Morgan fingerprint density at radius 1 is 1.48 bits per heavy atom. The number of pyridine rings is 1. The summed E-state index contributed by atoms with van der Waals surface area (Å²) in [7, 11) is 0. The van der Waals surface area contributed by atoms with Crippen molar-refractivity contribution in [2.45, 2.75) is 31.4 Å². The summed E-state index contributed by atoms with van der Waals surface area (Å²) in [5.41, 5.74) is 0. The first-order valence-corrected chi connectivity index (χ1v) is 8.42. The standard InChI is InChI=1S/C16H22ClN3O3/c17-11-4-5-15(18-8-11)19-16(22)9-20-6-7-23-10-13(20)12-2-1-3-14(12)21/h4-5,8,12-14,21H,1-3,6-7,9-10H2,(H,18,19,22)/t12-,13-,14+/m1/s1. The van der Waals surface area contributed by atoms with E-state index in [0.717, 1.165) is 19.3 Å². The molecule has 126 valence electrons. The van der Waals surface area contributed by atoms with Gasteiger partial charge in [0, 0.05) is 24.7 Å². The molecule has 1 aromatic heterocycles. The molecule has 7 heteroatoms. The minimum atomic E-state index is -0.287. The number of amides is 1. The maximum absolute atomic E-state index is 12.3. The first kappa shape index (κ1) is 16.6. The third kappa shape index (κ3) is 4.20. The Morgan fingerprint density at radius 2 is 2.35 bits per heavy atom. The van der Waals surface area contributed by atoms with Crippen LogP contribution in [0.25, 0.3) is 0 Å². The van der Waals surface area contributed by atoms with Gasteiger partial charge in [-0.3, -0.25) is 9.69 Å². The van der Waals surface area contributed by atoms with Crippen molar-refractivity contribution in [1.82, 2.24) is 9.88 Å². The number of anilines is 1. The number of morpholine rings is 1. The van der Waals surface area contributed by atoms with E-state index in [9.17, 15) is 9.90 Å². The lowest BCUT2D eigenvalue weighted by Gasteiger charge is -2.39. The van der Waals surface area contributed by atoms with Gasteiger partial charge in [0.2, 0.25) is 5.91 Å². The van der Waals surface area contributed by atoms with Gasteiger partial charge in [0.05, 0.1) is 30.9 Å². The van der Waals surface area contributed by atoms with Gasteiger partial charge in [0.25, 0.3) is 0 Å². The van der Waals surface area contributed by atoms with E-state index in [1.54, 1.807) is 12.1 Å². The number of carbonyl (C=O) groups is 1. The third-order valence-electron chi connectivity index (χ3n) is 4.65. The fourth-order valence-electron chi connectivity index (χ4n) is 3.48. The summed E-state index contributed by atoms with van der Waals surface area (Å²) in [6, 6.07) is 3.47. The third-order valence-corrected chi connectivity index (χ3v) is 4.87. The van der Waals surface area contributed by atoms with E-state index >= 15 is 0 Å². The Kier molecular flexibility index (Phi) is 5.48. The predicted octanol–water partition coefficient (Wildman–Crippen LogP) is 1.54. The Bertz CT molecular complexity index is 540. The van der Waals surface area contributed by atoms with Crippen LogP contribution >= 0.6 is 11.6 Å². The SMILES string of the molecule is O=C(CN1CCOC[C@@H]1[C@H]1CCC[C@@H]1O)Nc1ccc(Cl)cn1. The van der Waals surface area contributed by atoms with E-state index < -0.39 is 0 Å². The minimum Gasteiger partial charge on any atom is -0.393 e. The van der Waals surface area contributed by atoms with Crippen molar-refractivity contribution >= 4 is 23.3 Å². The lowest BCUT2D eigenvalue weighted by Crippen LogP contribution is -2.53. The number of aliphatic hydroxyl groups excluding tert-OH is 1. The number of nitrogens with one attached hydrogen (secondary N) is 1. The number of carbonyl (C=O) groups excluding carboxylic acids is 1. The quantitative estimate of drug-likeness (QED) is 0.870. The average Bonchev–Trinajstić information content (AvgIpc) is 2.96. The number of aromatic nitrogens is 1. The molecule has 0 unspecified atom stereocenters. The van der Waals surface area contributed by atoms with Crippen molar-refractivity contribution in [3.05, 3.63) is 23.4 Å². The molecule has 3 atom stereocenters. The highest BCUT2D eigenvalue weighted by Crippen LogP contribution is 2.32. The van der Waals surface area contributed by atoms with Crippen molar-refractivity contribution in [3.8, 4) is 0 Å². The number of halogens is 1. The van der Waals surface area contributed by atoms with Gasteiger partial charge in [-0.05, 0) is 25.0 Å². The van der Waals surface area contributed by atoms with Crippen LogP contribution in [0.4, 0.5) is 5.82 Å². The van der Waals surface area contributed by atoms with E-state index in [-0.39, 0.29) is 30.5 Å². The predicted molar refractivity (Wildman–Crippen MR) is 87.4 cm³/mol. The molecule has 1 amide bonds. The van der Waals surface area contributed by atoms with Crippen molar-refractivity contribution in [1.29, 1.82) is 0 Å². The van der Waals surface area contributed by atoms with E-state index in [1.807, 2.05) is 0 Å². The Hall–Kier alpha value is -1.21. The average molecular weight is 340 g/mol. The molecule has 2 heterocycles. The Labute approximate surface area is 140 Å². The van der Waals surface area contributed by atoms with Gasteiger partial charge in [0.1, 0.15) is 5.82 Å². The maximum atomic E-state index is 12.3. The summed E-state index contributed by atoms with van der Waals surface area (Å²) in [5, 5.41) is 13.5. The first-order chi connectivity index (χ1) is 11.1. The largest absolute Gasteiger partial charge is 0.393 e. The van der Waals surface area contributed by atoms with Gasteiger partial charge in [-0.25, -0.2) is 4.98 Å². The van der Waals surface area contributed by atoms with Crippen LogP contribution in [0.3, 0.4) is 0 Å². The summed E-state index contributed by atoms with van der Waals surface area (Å²) in [5.74, 6) is 0.570. The normalized spacial score (nSPS) is 28.7. The Balaban J connectivity index is 1.60. The van der Waals surface area contributed by atoms with Crippen molar-refractivity contribution < 1.29 is 14.6 Å². The highest BCUT2D eigenvalue weighted by atomic mass is 35.5. The van der Waals surface area contributed by atoms with Crippen LogP contribution in [0.1, 0.15) is 19.3 Å². The topological polar surface area (TPSA) is 74.7 Å². The van der Waals surface area contributed by atoms with Crippen LogP contribution in [0.2, 0.25) is 5.02 Å². The molecule has 1 saturated heterocycles. The molecule has 1 aromatic rings. The molecule has 0 spiro atoms. The fourth-order valence-corrected chi connectivity index (χ4v) is 3.59. The number of hydrogen-bond acceptors (Lipinski definition) is 5. The summed E-state index contributed by atoms with van der Waals surface area (Å²) in [6.45, 7) is 2.18. The van der Waals surface area contributed by atoms with E-state index in [0.29, 0.717) is 30.6 Å². The number of rotatable bonds is 4. The first-order valence-electron chi connectivity index (χ1n) is 8.05. The second-order valence-electron chi connectivity index (χ2n) is 6.18. The molecule has 3 rings (SSSR count). The van der Waals surface area contributed by atoms with Gasteiger partial charge in [-0.15, -0.1) is 0 Å². The molecule has 1 aliphatic carbocycles. The highest BCUT2D eigenvalue weighted by Gasteiger charge is 2.38. The van der Waals surface area contributed by atoms with Gasteiger partial charge in [-0.1, -0.05) is 18.0 Å². The number of hydrogen-bond donors (Lipinski definition) is 2. The van der Waals surface area contributed by atoms with Crippen molar-refractivity contribution in [2.24, 2.45) is 5.92 Å². The zero-order valence-electron chi connectivity index (χ0n) is 12.9. The van der Waals surface area contributed by atoms with Gasteiger partial charge in [0.15, 0.2) is 0 Å². The fraction of sp³-hybridized carbons (Fsp3) is 0.625. The molecule has 2 N–H and O–H groups in total. The molecule has 6 nitrogen and oxygen atoms in total. The number of aliphatic hydroxyl groups is 1. The summed E-state index contributed by atoms with van der Waals surface area (Å²) in [6.07, 6.45) is 4.09. The van der Waals surface area contributed by atoms with Gasteiger partial charge in [-0.2, -0.15) is 0 Å². The Morgan fingerprint density at radius 3 is 3.04 bits per heavy atom. The molecule has 23 heavy (non-hydrogen) atoms. The van der Waals surface area contributed by atoms with Crippen LogP contribution in [0.15, 0.2) is 18.3 Å². The van der Waals surface area contributed by atoms with Crippen molar-refractivity contribution in [3.63, 3.8) is 0 Å². The molecule has 0 bridgehead atoms. The number of ether oxygens (including phenoxy) is 1. The second-order valence-corrected chi connectivity index (χ2v) is 6.62. The van der Waals surface area contributed by atoms with Crippen molar-refractivity contribution in [2.75, 3.05) is 31.6 Å². The molecule has 0 aromatic carbocycles. The molecular weight excluding hydrogens is 318 g/mol. The van der Waals surface area contributed by atoms with Gasteiger partial charge >= 0.3 is 0 Å². The van der Waals surface area contributed by atoms with Crippen LogP contribution < -0.4 is 5.32 Å². The second kappa shape index (κ2) is 7.57. The number of nitrogens with zero attached hydrogens (tertiary/aromatic N) is 2. The molecule has 2 fully saturated rings. The lowest BCUT2D eigenvalue weighted by atomic mass is 9.94. The molecule has 1 aliphatic heterocycles. The highest BCUT2D eigenvalue weighted by molar-refractivity contribution is 6.30. The van der Waals surface area contributed by atoms with E-state index in [1.165, 1.54) is 6.20 Å². The molecule has 2 aliphatic rings. The maximum Gasteiger partial charge on any atom is 0.239 e. The molecule has 1 saturated carbocycles. The summed E-state index contributed by atoms with van der Waals surface area (Å²) >= 11 is 5.79. The zero-order valence-corrected chi connectivity index (χ0v) is 13.7. The summed E-state index contributed by atoms with van der Waals surface area (Å²) < 4.78 is 5.57. The zero-order chi connectivity index (χ0) is 16.2. The van der Waals surface area contributed by atoms with Crippen LogP contribution in [-0.2, 0) is 9.53 Å². The van der Waals surface area contributed by atoms with E-state index in [4.69, 9.17) is 16.3 Å². The van der Waals surface area contributed by atoms with Crippen LogP contribution in [0, 0.1) is 5.92 Å². The smallest absolute Gasteiger partial charge is 0.239 e. The molecule has 0 radical (unpaired) electrons. The lowest BCUT2D eigenvalue weighted by molar-refractivity contribution is -0.121. The monoisotopic (exact) mass is 339 g/mol. The van der Waals surface area contributed by atoms with Crippen LogP contribution in [0.5, 0.6) is 0 Å².